The Balaban J connectivity index is 1.71. The molecule has 6 heteroatoms. The van der Waals surface area contributed by atoms with Gasteiger partial charge in [0.05, 0.1) is 5.56 Å². The van der Waals surface area contributed by atoms with E-state index in [1.807, 2.05) is 6.07 Å². The smallest absolute Gasteiger partial charge is 0.335 e. The van der Waals surface area contributed by atoms with E-state index in [1.165, 1.54) is 6.92 Å². The molecule has 1 atom stereocenters. The average Bonchev–Trinajstić information content (AvgIpc) is 2.66. The minimum absolute atomic E-state index is 0.0682. The monoisotopic (exact) mass is 367 g/mol. The third kappa shape index (κ3) is 4.16. The number of hydrogen-bond donors (Lipinski definition) is 1. The predicted molar refractivity (Wildman–Crippen MR) is 99.1 cm³/mol. The maximum atomic E-state index is 12.8. The van der Waals surface area contributed by atoms with Gasteiger partial charge in [-0.3, -0.25) is 9.59 Å². The van der Waals surface area contributed by atoms with E-state index in [0.717, 1.165) is 11.1 Å². The molecule has 0 fully saturated rings. The van der Waals surface area contributed by atoms with Crippen molar-refractivity contribution in [1.29, 1.82) is 0 Å². The number of Topliss-reactive ketones (excluding diaryl/α,β-unsaturated/α-hetero) is 1. The van der Waals surface area contributed by atoms with Gasteiger partial charge in [0.15, 0.2) is 11.9 Å². The van der Waals surface area contributed by atoms with E-state index in [1.54, 1.807) is 48.2 Å². The summed E-state index contributed by atoms with van der Waals surface area (Å²) in [7, 11) is 0. The summed E-state index contributed by atoms with van der Waals surface area (Å²) in [5.74, 6) is -0.756. The molecule has 0 aromatic heterocycles. The summed E-state index contributed by atoms with van der Waals surface area (Å²) in [6.07, 6.45) is -0.0375. The highest BCUT2D eigenvalue weighted by Gasteiger charge is 2.26. The van der Waals surface area contributed by atoms with E-state index in [0.29, 0.717) is 30.8 Å². The Hall–Kier alpha value is -3.15. The van der Waals surface area contributed by atoms with Crippen LogP contribution in [0.2, 0.25) is 0 Å². The lowest BCUT2D eigenvalue weighted by Gasteiger charge is -2.31. The second kappa shape index (κ2) is 7.61. The number of carboxylic acids is 1. The van der Waals surface area contributed by atoms with Gasteiger partial charge in [0.25, 0.3) is 5.91 Å². The van der Waals surface area contributed by atoms with Crippen LogP contribution in [0.15, 0.2) is 42.5 Å². The number of aromatic carboxylic acids is 1. The molecule has 2 aromatic rings. The molecule has 1 aliphatic heterocycles. The summed E-state index contributed by atoms with van der Waals surface area (Å²) in [6, 6.07) is 11.8. The molecular formula is C21H21NO5. The second-order valence-corrected chi connectivity index (χ2v) is 6.64. The molecule has 1 heterocycles. The van der Waals surface area contributed by atoms with Crippen LogP contribution in [0.5, 0.6) is 5.75 Å². The Labute approximate surface area is 157 Å². The van der Waals surface area contributed by atoms with Gasteiger partial charge in [0.1, 0.15) is 5.75 Å². The van der Waals surface area contributed by atoms with Gasteiger partial charge >= 0.3 is 5.97 Å². The molecule has 1 N–H and O–H groups in total. The van der Waals surface area contributed by atoms with Gasteiger partial charge in [-0.2, -0.15) is 0 Å². The lowest BCUT2D eigenvalue weighted by Crippen LogP contribution is -2.43. The zero-order valence-corrected chi connectivity index (χ0v) is 15.3. The fourth-order valence-electron chi connectivity index (χ4n) is 3.18. The Bertz CT molecular complexity index is 905. The lowest BCUT2D eigenvalue weighted by atomic mass is 9.97. The fourth-order valence-corrected chi connectivity index (χ4v) is 3.18. The van der Waals surface area contributed by atoms with Crippen LogP contribution in [0.1, 0.15) is 45.7 Å². The number of carboxylic acid groups (broad SMARTS) is 1. The highest BCUT2D eigenvalue weighted by Crippen LogP contribution is 2.22. The topological polar surface area (TPSA) is 83.9 Å². The number of ether oxygens (including phenoxy) is 1. The molecular weight excluding hydrogens is 346 g/mol. The second-order valence-electron chi connectivity index (χ2n) is 6.64. The van der Waals surface area contributed by atoms with E-state index in [4.69, 9.17) is 9.84 Å². The first-order valence-electron chi connectivity index (χ1n) is 8.76. The van der Waals surface area contributed by atoms with Gasteiger partial charge in [0.2, 0.25) is 0 Å². The summed E-state index contributed by atoms with van der Waals surface area (Å²) in [5.41, 5.74) is 2.65. The van der Waals surface area contributed by atoms with Crippen LogP contribution >= 0.6 is 0 Å². The van der Waals surface area contributed by atoms with Crippen LogP contribution in [0.4, 0.5) is 0 Å². The number of hydrogen-bond acceptors (Lipinski definition) is 4. The molecule has 6 nitrogen and oxygen atoms in total. The quantitative estimate of drug-likeness (QED) is 0.822. The number of nitrogens with zero attached hydrogens (tertiary/aromatic N) is 1. The van der Waals surface area contributed by atoms with Crippen LogP contribution in [-0.4, -0.2) is 40.3 Å². The van der Waals surface area contributed by atoms with Crippen LogP contribution in [0.3, 0.4) is 0 Å². The maximum Gasteiger partial charge on any atom is 0.335 e. The lowest BCUT2D eigenvalue weighted by molar-refractivity contribution is -0.138. The predicted octanol–water partition coefficient (Wildman–Crippen LogP) is 2.94. The Morgan fingerprint density at radius 2 is 1.85 bits per heavy atom. The van der Waals surface area contributed by atoms with Gasteiger partial charge in [-0.15, -0.1) is 0 Å². The summed E-state index contributed by atoms with van der Waals surface area (Å²) in [5, 5.41) is 9.15. The number of carbonyl (C=O) groups excluding carboxylic acids is 2. The third-order valence-electron chi connectivity index (χ3n) is 4.68. The van der Waals surface area contributed by atoms with Gasteiger partial charge in [-0.25, -0.2) is 4.79 Å². The third-order valence-corrected chi connectivity index (χ3v) is 4.68. The molecule has 0 radical (unpaired) electrons. The van der Waals surface area contributed by atoms with Crippen LogP contribution in [0.25, 0.3) is 0 Å². The first-order valence-corrected chi connectivity index (χ1v) is 8.76. The van der Waals surface area contributed by atoms with Crippen molar-refractivity contribution in [3.05, 3.63) is 64.7 Å². The molecule has 3 rings (SSSR count). The standard InChI is InChI=1S/C21H21NO5/c1-13(23)16-4-3-5-19(11-16)27-14(2)20(24)22-9-8-15-6-7-17(21(25)26)10-18(15)12-22/h3-7,10-11,14H,8-9,12H2,1-2H3,(H,25,26). The average molecular weight is 367 g/mol. The van der Waals surface area contributed by atoms with Crippen LogP contribution in [-0.2, 0) is 17.8 Å². The Morgan fingerprint density at radius 1 is 1.07 bits per heavy atom. The molecule has 140 valence electrons. The number of rotatable bonds is 5. The molecule has 1 amide bonds. The van der Waals surface area contributed by atoms with Crippen molar-refractivity contribution < 1.29 is 24.2 Å². The minimum atomic E-state index is -0.983. The van der Waals surface area contributed by atoms with E-state index >= 15 is 0 Å². The van der Waals surface area contributed by atoms with Crippen molar-refractivity contribution in [3.8, 4) is 5.75 Å². The SMILES string of the molecule is CC(=O)c1cccc(OC(C)C(=O)N2CCc3ccc(C(=O)O)cc3C2)c1. The van der Waals surface area contributed by atoms with Gasteiger partial charge in [-0.1, -0.05) is 18.2 Å². The molecule has 1 unspecified atom stereocenters. The number of fused-ring (bicyclic) bond motifs is 1. The van der Waals surface area contributed by atoms with Crippen molar-refractivity contribution >= 4 is 17.7 Å². The van der Waals surface area contributed by atoms with Gasteiger partial charge in [0, 0.05) is 18.7 Å². The molecule has 0 aliphatic carbocycles. The molecule has 0 saturated carbocycles. The highest BCUT2D eigenvalue weighted by molar-refractivity contribution is 5.94. The first kappa shape index (κ1) is 18.6. The van der Waals surface area contributed by atoms with Crippen molar-refractivity contribution in [2.75, 3.05) is 6.54 Å². The normalized spacial score (nSPS) is 14.2. The fraction of sp³-hybridized carbons (Fsp3) is 0.286. The van der Waals surface area contributed by atoms with Crippen molar-refractivity contribution in [2.45, 2.75) is 32.9 Å². The van der Waals surface area contributed by atoms with E-state index in [9.17, 15) is 14.4 Å². The molecule has 1 aliphatic rings. The van der Waals surface area contributed by atoms with Crippen LogP contribution < -0.4 is 4.74 Å². The summed E-state index contributed by atoms with van der Waals surface area (Å²) >= 11 is 0. The maximum absolute atomic E-state index is 12.8. The van der Waals surface area contributed by atoms with E-state index in [2.05, 4.69) is 0 Å². The summed E-state index contributed by atoms with van der Waals surface area (Å²) in [6.45, 7) is 4.06. The molecule has 0 bridgehead atoms. The zero-order valence-electron chi connectivity index (χ0n) is 15.3. The molecule has 0 spiro atoms. The van der Waals surface area contributed by atoms with Crippen molar-refractivity contribution in [3.63, 3.8) is 0 Å². The zero-order chi connectivity index (χ0) is 19.6. The Morgan fingerprint density at radius 3 is 2.56 bits per heavy atom. The molecule has 0 saturated heterocycles. The summed E-state index contributed by atoms with van der Waals surface area (Å²) < 4.78 is 5.73. The number of amides is 1. The Kier molecular flexibility index (Phi) is 5.26. The molecule has 2 aromatic carbocycles. The van der Waals surface area contributed by atoms with Gasteiger partial charge in [-0.05, 0) is 55.7 Å². The summed E-state index contributed by atoms with van der Waals surface area (Å²) in [4.78, 5) is 37.1. The van der Waals surface area contributed by atoms with Crippen molar-refractivity contribution in [2.24, 2.45) is 0 Å². The minimum Gasteiger partial charge on any atom is -0.481 e. The van der Waals surface area contributed by atoms with Crippen LogP contribution in [0, 0.1) is 0 Å². The highest BCUT2D eigenvalue weighted by atomic mass is 16.5. The number of carbonyl (C=O) groups is 3. The largest absolute Gasteiger partial charge is 0.481 e. The molecule has 27 heavy (non-hydrogen) atoms. The van der Waals surface area contributed by atoms with E-state index < -0.39 is 12.1 Å². The van der Waals surface area contributed by atoms with E-state index in [-0.39, 0.29) is 17.3 Å². The number of benzene rings is 2. The van der Waals surface area contributed by atoms with Crippen molar-refractivity contribution in [1.82, 2.24) is 4.90 Å². The van der Waals surface area contributed by atoms with Gasteiger partial charge < -0.3 is 14.7 Å². The number of ketones is 1. The first-order chi connectivity index (χ1) is 12.8.